The highest BCUT2D eigenvalue weighted by molar-refractivity contribution is 7.19. The predicted molar refractivity (Wildman–Crippen MR) is 270 cm³/mol. The first-order valence-corrected chi connectivity index (χ1v) is 23.8. The minimum Gasteiger partial charge on any atom is -0.309 e. The van der Waals surface area contributed by atoms with Gasteiger partial charge in [0.2, 0.25) is 0 Å². The van der Waals surface area contributed by atoms with Crippen LogP contribution in [0.15, 0.2) is 255 Å². The molecule has 0 fully saturated rings. The molecule has 0 amide bonds. The van der Waals surface area contributed by atoms with Crippen LogP contribution >= 0.6 is 0 Å². The van der Waals surface area contributed by atoms with Gasteiger partial charge in [-0.05, 0) is 104 Å². The van der Waals surface area contributed by atoms with E-state index in [0.717, 1.165) is 0 Å². The second-order valence-corrected chi connectivity index (χ2v) is 20.3. The molecule has 0 N–H and O–H groups in total. The van der Waals surface area contributed by atoms with Gasteiger partial charge < -0.3 is 9.13 Å². The zero-order valence-electron chi connectivity index (χ0n) is 34.6. The molecule has 0 aliphatic rings. The molecule has 3 heteroatoms. The molecule has 2 aromatic heterocycles. The van der Waals surface area contributed by atoms with Crippen molar-refractivity contribution in [1.82, 2.24) is 9.13 Å². The van der Waals surface area contributed by atoms with Crippen molar-refractivity contribution in [2.24, 2.45) is 0 Å². The molecule has 10 aromatic carbocycles. The van der Waals surface area contributed by atoms with E-state index in [9.17, 15) is 0 Å². The summed E-state index contributed by atoms with van der Waals surface area (Å²) >= 11 is 0. The maximum atomic E-state index is 2.47. The van der Waals surface area contributed by atoms with Crippen molar-refractivity contribution in [2.45, 2.75) is 0 Å². The van der Waals surface area contributed by atoms with E-state index in [-0.39, 0.29) is 0 Å². The van der Waals surface area contributed by atoms with Gasteiger partial charge in [-0.1, -0.05) is 194 Å². The fraction of sp³-hybridized carbons (Fsp3) is 0. The molecular formula is C60H42N2Si. The number of nitrogens with zero attached hydrogens (tertiary/aromatic N) is 2. The summed E-state index contributed by atoms with van der Waals surface area (Å²) in [5.74, 6) is 0. The maximum absolute atomic E-state index is 2.71. The van der Waals surface area contributed by atoms with Crippen LogP contribution < -0.4 is 20.7 Å². The van der Waals surface area contributed by atoms with Gasteiger partial charge in [-0.2, -0.15) is 0 Å². The molecule has 296 valence electrons. The third-order valence-electron chi connectivity index (χ3n) is 13.1. The Morgan fingerprint density at radius 1 is 0.222 bits per heavy atom. The lowest BCUT2D eigenvalue weighted by Crippen LogP contribution is -2.74. The Morgan fingerprint density at radius 2 is 0.571 bits per heavy atom. The van der Waals surface area contributed by atoms with Crippen molar-refractivity contribution >= 4 is 72.4 Å². The molecule has 2 heterocycles. The van der Waals surface area contributed by atoms with Crippen molar-refractivity contribution in [2.75, 3.05) is 0 Å². The van der Waals surface area contributed by atoms with Crippen molar-refractivity contribution in [1.29, 1.82) is 0 Å². The highest BCUT2D eigenvalue weighted by Gasteiger charge is 2.41. The molecular weight excluding hydrogens is 777 g/mol. The standard InChI is InChI=1S/C60H42N2Si/c1-5-18-47(19-6-1)61-57-30-15-13-28-53(57)55-40-45(36-38-59(55)61)43-32-34-44(35-33-43)46-37-39-60-56(41-46)54-29-14-16-31-58(54)62(60)48-20-17-27-52(42-48)63(49-21-7-2-8-22-49,50-23-9-3-10-24-50)51-25-11-4-12-26-51/h1-42H. The van der Waals surface area contributed by atoms with Gasteiger partial charge in [0.1, 0.15) is 0 Å². The molecule has 0 bridgehead atoms. The van der Waals surface area contributed by atoms with Crippen LogP contribution in [0.2, 0.25) is 0 Å². The Morgan fingerprint density at radius 3 is 1.05 bits per heavy atom. The first-order chi connectivity index (χ1) is 31.3. The first kappa shape index (κ1) is 36.8. The van der Waals surface area contributed by atoms with Gasteiger partial charge in [0.15, 0.2) is 8.07 Å². The van der Waals surface area contributed by atoms with Gasteiger partial charge >= 0.3 is 0 Å². The maximum Gasteiger partial charge on any atom is 0.179 e. The molecule has 0 saturated carbocycles. The zero-order valence-corrected chi connectivity index (χ0v) is 35.6. The molecule has 0 spiro atoms. The van der Waals surface area contributed by atoms with Crippen molar-refractivity contribution in [3.8, 4) is 33.6 Å². The highest BCUT2D eigenvalue weighted by Crippen LogP contribution is 2.37. The number of benzene rings is 10. The topological polar surface area (TPSA) is 9.86 Å². The average molecular weight is 819 g/mol. The van der Waals surface area contributed by atoms with Crippen LogP contribution in [-0.4, -0.2) is 17.2 Å². The molecule has 63 heavy (non-hydrogen) atoms. The van der Waals surface area contributed by atoms with Crippen LogP contribution in [0.25, 0.3) is 77.2 Å². The molecule has 0 atom stereocenters. The highest BCUT2D eigenvalue weighted by atomic mass is 28.3. The Bertz CT molecular complexity index is 3490. The average Bonchev–Trinajstić information content (AvgIpc) is 3.88. The second kappa shape index (κ2) is 15.2. The minimum atomic E-state index is -2.71. The number of rotatable bonds is 8. The summed E-state index contributed by atoms with van der Waals surface area (Å²) < 4.78 is 4.84. The summed E-state index contributed by atoms with van der Waals surface area (Å²) in [6.07, 6.45) is 0. The van der Waals surface area contributed by atoms with Gasteiger partial charge in [-0.25, -0.2) is 0 Å². The number of hydrogen-bond acceptors (Lipinski definition) is 0. The summed E-state index contributed by atoms with van der Waals surface area (Å²) in [7, 11) is -2.71. The lowest BCUT2D eigenvalue weighted by Gasteiger charge is -2.34. The quantitative estimate of drug-likeness (QED) is 0.107. The van der Waals surface area contributed by atoms with E-state index in [0.29, 0.717) is 0 Å². The van der Waals surface area contributed by atoms with Crippen LogP contribution in [0.3, 0.4) is 0 Å². The van der Waals surface area contributed by atoms with Crippen LogP contribution in [-0.2, 0) is 0 Å². The van der Waals surface area contributed by atoms with Crippen molar-refractivity contribution in [3.05, 3.63) is 255 Å². The van der Waals surface area contributed by atoms with Gasteiger partial charge in [0.25, 0.3) is 0 Å². The third kappa shape index (κ3) is 6.00. The van der Waals surface area contributed by atoms with Crippen LogP contribution in [0.5, 0.6) is 0 Å². The fourth-order valence-corrected chi connectivity index (χ4v) is 15.0. The summed E-state index contributed by atoms with van der Waals surface area (Å²) in [4.78, 5) is 0. The van der Waals surface area contributed by atoms with E-state index < -0.39 is 8.07 Å². The first-order valence-electron chi connectivity index (χ1n) is 21.8. The monoisotopic (exact) mass is 818 g/mol. The molecule has 0 unspecified atom stereocenters. The molecule has 12 rings (SSSR count). The summed E-state index contributed by atoms with van der Waals surface area (Å²) in [5, 5.41) is 10.5. The number of aromatic nitrogens is 2. The molecule has 0 aliphatic heterocycles. The Labute approximate surface area is 368 Å². The lowest BCUT2D eigenvalue weighted by atomic mass is 9.98. The van der Waals surface area contributed by atoms with E-state index in [4.69, 9.17) is 0 Å². The summed E-state index contributed by atoms with van der Waals surface area (Å²) in [6.45, 7) is 0. The lowest BCUT2D eigenvalue weighted by molar-refractivity contribution is 1.18. The van der Waals surface area contributed by atoms with Gasteiger partial charge in [0, 0.05) is 32.9 Å². The number of fused-ring (bicyclic) bond motifs is 6. The molecule has 0 aliphatic carbocycles. The van der Waals surface area contributed by atoms with Crippen LogP contribution in [0.4, 0.5) is 0 Å². The van der Waals surface area contributed by atoms with Crippen molar-refractivity contribution in [3.63, 3.8) is 0 Å². The van der Waals surface area contributed by atoms with Gasteiger partial charge in [0.05, 0.1) is 22.1 Å². The molecule has 2 nitrogen and oxygen atoms in total. The van der Waals surface area contributed by atoms with E-state index in [1.807, 2.05) is 0 Å². The third-order valence-corrected chi connectivity index (χ3v) is 17.8. The SMILES string of the molecule is c1ccc(-n2c3ccccc3c3cc(-c4ccc(-c5ccc6c(c5)c5ccccc5n6-c5cccc([Si](c6ccccc6)(c6ccccc6)c6ccccc6)c5)cc4)ccc32)cc1. The van der Waals surface area contributed by atoms with Crippen LogP contribution in [0, 0.1) is 0 Å². The Kier molecular flexibility index (Phi) is 8.87. The summed E-state index contributed by atoms with van der Waals surface area (Å²) in [6, 6.07) is 94.1. The molecule has 12 aromatic rings. The predicted octanol–water partition coefficient (Wildman–Crippen LogP) is 12.6. The number of para-hydroxylation sites is 3. The zero-order chi connectivity index (χ0) is 41.7. The summed E-state index contributed by atoms with van der Waals surface area (Å²) in [5.41, 5.74) is 12.0. The largest absolute Gasteiger partial charge is 0.309 e. The Balaban J connectivity index is 0.954. The van der Waals surface area contributed by atoms with E-state index in [1.54, 1.807) is 0 Å². The minimum absolute atomic E-state index is 1.17. The van der Waals surface area contributed by atoms with Crippen LogP contribution in [0.1, 0.15) is 0 Å². The van der Waals surface area contributed by atoms with Gasteiger partial charge in [-0.15, -0.1) is 0 Å². The second-order valence-electron chi connectivity index (χ2n) is 16.5. The van der Waals surface area contributed by atoms with Gasteiger partial charge in [-0.3, -0.25) is 0 Å². The molecule has 0 saturated heterocycles. The molecule has 0 radical (unpaired) electrons. The van der Waals surface area contributed by atoms with E-state index >= 15 is 0 Å². The van der Waals surface area contributed by atoms with Crippen molar-refractivity contribution < 1.29 is 0 Å². The smallest absolute Gasteiger partial charge is 0.179 e. The van der Waals surface area contributed by atoms with E-state index in [2.05, 4.69) is 264 Å². The fourth-order valence-electron chi connectivity index (χ4n) is 10.2. The van der Waals surface area contributed by atoms with E-state index in [1.165, 1.54) is 98.0 Å². The Hall–Kier alpha value is -7.98. The normalized spacial score (nSPS) is 11.8. The number of hydrogen-bond donors (Lipinski definition) is 0.